The normalized spacial score (nSPS) is 12.7. The molecule has 3 nitrogen and oxygen atoms in total. The number of benzene rings is 1. The fourth-order valence-corrected chi connectivity index (χ4v) is 3.01. The van der Waals surface area contributed by atoms with Crippen LogP contribution in [0, 0.1) is 18.6 Å². The molecule has 2 rings (SSSR count). The van der Waals surface area contributed by atoms with Crippen molar-refractivity contribution in [3.8, 4) is 0 Å². The van der Waals surface area contributed by atoms with Crippen molar-refractivity contribution in [3.63, 3.8) is 0 Å². The van der Waals surface area contributed by atoms with E-state index < -0.39 is 17.7 Å². The van der Waals surface area contributed by atoms with Crippen LogP contribution in [-0.2, 0) is 6.42 Å². The SMILES string of the molecule is CCCc1nnsc1C(NC)c1c(F)ccc(C)c1F. The van der Waals surface area contributed by atoms with Crippen LogP contribution in [0.15, 0.2) is 12.1 Å². The summed E-state index contributed by atoms with van der Waals surface area (Å²) in [5, 5.41) is 7.04. The van der Waals surface area contributed by atoms with Gasteiger partial charge in [0.15, 0.2) is 0 Å². The summed E-state index contributed by atoms with van der Waals surface area (Å²) in [5.41, 5.74) is 1.27. The molecule has 0 bridgehead atoms. The summed E-state index contributed by atoms with van der Waals surface area (Å²) in [6.07, 6.45) is 1.66. The predicted molar refractivity (Wildman–Crippen MR) is 75.9 cm³/mol. The topological polar surface area (TPSA) is 37.8 Å². The molecule has 0 saturated heterocycles. The minimum atomic E-state index is -0.559. The molecule has 1 unspecified atom stereocenters. The van der Waals surface area contributed by atoms with Gasteiger partial charge >= 0.3 is 0 Å². The van der Waals surface area contributed by atoms with Crippen molar-refractivity contribution in [2.24, 2.45) is 0 Å². The van der Waals surface area contributed by atoms with Crippen molar-refractivity contribution in [3.05, 3.63) is 45.5 Å². The van der Waals surface area contributed by atoms with Gasteiger partial charge in [-0.3, -0.25) is 0 Å². The van der Waals surface area contributed by atoms with E-state index in [4.69, 9.17) is 0 Å². The zero-order valence-corrected chi connectivity index (χ0v) is 12.5. The van der Waals surface area contributed by atoms with Crippen LogP contribution in [-0.4, -0.2) is 16.6 Å². The standard InChI is InChI=1S/C14H17F2N3S/c1-4-5-10-14(20-19-18-10)13(17-3)11-9(15)7-6-8(2)12(11)16/h6-7,13,17H,4-5H2,1-3H3. The van der Waals surface area contributed by atoms with Crippen LogP contribution < -0.4 is 5.32 Å². The van der Waals surface area contributed by atoms with Gasteiger partial charge in [-0.05, 0) is 43.6 Å². The molecule has 0 aliphatic carbocycles. The van der Waals surface area contributed by atoms with Gasteiger partial charge in [0.05, 0.1) is 16.6 Å². The van der Waals surface area contributed by atoms with Gasteiger partial charge in [-0.15, -0.1) is 5.10 Å². The lowest BCUT2D eigenvalue weighted by atomic mass is 9.99. The van der Waals surface area contributed by atoms with Crippen molar-refractivity contribution in [1.82, 2.24) is 14.9 Å². The molecule has 0 aliphatic rings. The molecule has 6 heteroatoms. The number of hydrogen-bond acceptors (Lipinski definition) is 4. The van der Waals surface area contributed by atoms with E-state index in [0.29, 0.717) is 5.56 Å². The number of aromatic nitrogens is 2. The first-order valence-electron chi connectivity index (χ1n) is 6.53. The number of aryl methyl sites for hydroxylation is 2. The number of nitrogens with zero attached hydrogens (tertiary/aromatic N) is 2. The van der Waals surface area contributed by atoms with Crippen LogP contribution in [0.3, 0.4) is 0 Å². The minimum absolute atomic E-state index is 0.0379. The van der Waals surface area contributed by atoms with Crippen LogP contribution in [0.2, 0.25) is 0 Å². The maximum atomic E-state index is 14.3. The van der Waals surface area contributed by atoms with Crippen LogP contribution in [0.1, 0.15) is 41.1 Å². The highest BCUT2D eigenvalue weighted by Gasteiger charge is 2.26. The molecule has 1 N–H and O–H groups in total. The van der Waals surface area contributed by atoms with E-state index in [-0.39, 0.29) is 5.56 Å². The molecule has 1 aromatic carbocycles. The molecule has 0 radical (unpaired) electrons. The Labute approximate surface area is 121 Å². The smallest absolute Gasteiger partial charge is 0.134 e. The lowest BCUT2D eigenvalue weighted by Gasteiger charge is -2.18. The van der Waals surface area contributed by atoms with Crippen molar-refractivity contribution in [1.29, 1.82) is 0 Å². The van der Waals surface area contributed by atoms with Gasteiger partial charge in [0.25, 0.3) is 0 Å². The Morgan fingerprint density at radius 3 is 2.75 bits per heavy atom. The van der Waals surface area contributed by atoms with E-state index in [1.165, 1.54) is 23.7 Å². The average molecular weight is 297 g/mol. The zero-order valence-electron chi connectivity index (χ0n) is 11.7. The van der Waals surface area contributed by atoms with Gasteiger partial charge in [0.1, 0.15) is 11.6 Å². The fourth-order valence-electron chi connectivity index (χ4n) is 2.19. The maximum absolute atomic E-state index is 14.3. The predicted octanol–water partition coefficient (Wildman–Crippen LogP) is 3.39. The molecule has 1 heterocycles. The van der Waals surface area contributed by atoms with Crippen LogP contribution in [0.5, 0.6) is 0 Å². The Balaban J connectivity index is 2.53. The Morgan fingerprint density at radius 1 is 1.35 bits per heavy atom. The number of nitrogens with one attached hydrogen (secondary N) is 1. The van der Waals surface area contributed by atoms with Crippen molar-refractivity contribution in [2.75, 3.05) is 7.05 Å². The Bertz CT molecular complexity index is 598. The lowest BCUT2D eigenvalue weighted by molar-refractivity contribution is 0.518. The monoisotopic (exact) mass is 297 g/mol. The fraction of sp³-hybridized carbons (Fsp3) is 0.429. The maximum Gasteiger partial charge on any atom is 0.134 e. The molecule has 20 heavy (non-hydrogen) atoms. The average Bonchev–Trinajstić information content (AvgIpc) is 2.88. The summed E-state index contributed by atoms with van der Waals surface area (Å²) in [7, 11) is 1.68. The van der Waals surface area contributed by atoms with E-state index in [0.717, 1.165) is 23.4 Å². The Kier molecular flexibility index (Phi) is 4.77. The summed E-state index contributed by atoms with van der Waals surface area (Å²) in [4.78, 5) is 0.776. The van der Waals surface area contributed by atoms with Gasteiger partial charge in [-0.1, -0.05) is 23.9 Å². The third-order valence-electron chi connectivity index (χ3n) is 3.23. The molecule has 0 spiro atoms. The number of halogens is 2. The van der Waals surface area contributed by atoms with Gasteiger partial charge in [-0.25, -0.2) is 8.78 Å². The summed E-state index contributed by atoms with van der Waals surface area (Å²) < 4.78 is 32.3. The first-order valence-corrected chi connectivity index (χ1v) is 7.30. The molecule has 1 aromatic heterocycles. The minimum Gasteiger partial charge on any atom is -0.308 e. The largest absolute Gasteiger partial charge is 0.308 e. The molecule has 0 amide bonds. The highest BCUT2D eigenvalue weighted by Crippen LogP contribution is 2.31. The van der Waals surface area contributed by atoms with Gasteiger partial charge in [0.2, 0.25) is 0 Å². The van der Waals surface area contributed by atoms with Crippen molar-refractivity contribution >= 4 is 11.5 Å². The summed E-state index contributed by atoms with van der Waals surface area (Å²) in [6, 6.07) is 2.18. The third-order valence-corrected chi connectivity index (χ3v) is 4.06. The highest BCUT2D eigenvalue weighted by molar-refractivity contribution is 7.05. The molecule has 1 atom stereocenters. The molecule has 0 fully saturated rings. The van der Waals surface area contributed by atoms with Crippen LogP contribution in [0.25, 0.3) is 0 Å². The van der Waals surface area contributed by atoms with Gasteiger partial charge in [-0.2, -0.15) is 0 Å². The summed E-state index contributed by atoms with van der Waals surface area (Å²) in [6.45, 7) is 3.66. The van der Waals surface area contributed by atoms with Crippen molar-refractivity contribution in [2.45, 2.75) is 32.7 Å². The Hall–Kier alpha value is -1.40. The highest BCUT2D eigenvalue weighted by atomic mass is 32.1. The Morgan fingerprint density at radius 2 is 2.10 bits per heavy atom. The molecule has 0 aliphatic heterocycles. The second kappa shape index (κ2) is 6.37. The first-order chi connectivity index (χ1) is 9.60. The molecular weight excluding hydrogens is 280 g/mol. The summed E-state index contributed by atoms with van der Waals surface area (Å²) in [5.74, 6) is -1.07. The molecule has 0 saturated carbocycles. The van der Waals surface area contributed by atoms with E-state index in [9.17, 15) is 8.78 Å². The lowest BCUT2D eigenvalue weighted by Crippen LogP contribution is -2.21. The van der Waals surface area contributed by atoms with Crippen LogP contribution in [0.4, 0.5) is 8.78 Å². The molecule has 2 aromatic rings. The van der Waals surface area contributed by atoms with E-state index >= 15 is 0 Å². The molecular formula is C14H17F2N3S. The van der Waals surface area contributed by atoms with Crippen molar-refractivity contribution < 1.29 is 8.78 Å². The second-order valence-corrected chi connectivity index (χ2v) is 5.43. The third kappa shape index (κ3) is 2.71. The second-order valence-electron chi connectivity index (χ2n) is 4.65. The first kappa shape index (κ1) is 15.0. The van der Waals surface area contributed by atoms with E-state index in [1.54, 1.807) is 14.0 Å². The summed E-state index contributed by atoms with van der Waals surface area (Å²) >= 11 is 1.18. The zero-order chi connectivity index (χ0) is 14.7. The number of rotatable bonds is 5. The number of hydrogen-bond donors (Lipinski definition) is 1. The van der Waals surface area contributed by atoms with Gasteiger partial charge in [0, 0.05) is 5.56 Å². The van der Waals surface area contributed by atoms with E-state index in [1.807, 2.05) is 6.92 Å². The molecule has 108 valence electrons. The van der Waals surface area contributed by atoms with Crippen LogP contribution >= 0.6 is 11.5 Å². The van der Waals surface area contributed by atoms with Gasteiger partial charge < -0.3 is 5.32 Å². The quantitative estimate of drug-likeness (QED) is 0.919. The van der Waals surface area contributed by atoms with E-state index in [2.05, 4.69) is 14.9 Å².